The molecule has 0 bridgehead atoms. The minimum absolute atomic E-state index is 0.0826. The van der Waals surface area contributed by atoms with E-state index in [1.54, 1.807) is 12.1 Å². The Morgan fingerprint density at radius 1 is 1.04 bits per heavy atom. The van der Waals surface area contributed by atoms with Gasteiger partial charge in [-0.05, 0) is 56.2 Å². The first-order valence-electron chi connectivity index (χ1n) is 9.28. The summed E-state index contributed by atoms with van der Waals surface area (Å²) in [7, 11) is 0. The van der Waals surface area contributed by atoms with Gasteiger partial charge >= 0.3 is 0 Å². The summed E-state index contributed by atoms with van der Waals surface area (Å²) in [5.41, 5.74) is 4.97. The van der Waals surface area contributed by atoms with Crippen LogP contribution in [0.1, 0.15) is 45.6 Å². The van der Waals surface area contributed by atoms with Crippen LogP contribution in [0.25, 0.3) is 0 Å². The normalized spacial score (nSPS) is 11.7. The second kappa shape index (κ2) is 8.94. The average molecular weight is 394 g/mol. The molecule has 0 unspecified atom stereocenters. The molecule has 4 heteroatoms. The highest BCUT2D eigenvalue weighted by Crippen LogP contribution is 2.21. The summed E-state index contributed by atoms with van der Waals surface area (Å²) < 4.78 is 5.82. The van der Waals surface area contributed by atoms with Crippen molar-refractivity contribution in [2.75, 3.05) is 0 Å². The fraction of sp³-hybridized carbons (Fsp3) is 0.208. The zero-order valence-electron chi connectivity index (χ0n) is 16.3. The Hall–Kier alpha value is -2.78. The highest BCUT2D eigenvalue weighted by molar-refractivity contribution is 6.31. The summed E-state index contributed by atoms with van der Waals surface area (Å²) in [4.78, 5) is 12.7. The number of halogens is 1. The van der Waals surface area contributed by atoms with Crippen LogP contribution in [0, 0.1) is 13.8 Å². The molecular weight excluding hydrogens is 370 g/mol. The summed E-state index contributed by atoms with van der Waals surface area (Å²) in [6.07, 6.45) is 0. The van der Waals surface area contributed by atoms with Gasteiger partial charge in [0.1, 0.15) is 12.4 Å². The lowest BCUT2D eigenvalue weighted by Crippen LogP contribution is -2.27. The second-order valence-electron chi connectivity index (χ2n) is 6.96. The van der Waals surface area contributed by atoms with Crippen molar-refractivity contribution in [2.24, 2.45) is 0 Å². The van der Waals surface area contributed by atoms with Gasteiger partial charge in [0.25, 0.3) is 5.91 Å². The molecule has 0 saturated carbocycles. The maximum Gasteiger partial charge on any atom is 0.251 e. The zero-order valence-corrected chi connectivity index (χ0v) is 17.1. The number of rotatable bonds is 6. The van der Waals surface area contributed by atoms with Gasteiger partial charge in [-0.25, -0.2) is 0 Å². The van der Waals surface area contributed by atoms with E-state index in [4.69, 9.17) is 16.3 Å². The molecule has 0 aliphatic rings. The van der Waals surface area contributed by atoms with Crippen LogP contribution >= 0.6 is 11.6 Å². The monoisotopic (exact) mass is 393 g/mol. The number of hydrogen-bond donors (Lipinski definition) is 1. The molecule has 3 nitrogen and oxygen atoms in total. The molecular formula is C24H24ClNO2. The fourth-order valence-corrected chi connectivity index (χ4v) is 3.36. The van der Waals surface area contributed by atoms with Crippen LogP contribution in [-0.4, -0.2) is 5.91 Å². The smallest absolute Gasteiger partial charge is 0.251 e. The zero-order chi connectivity index (χ0) is 20.1. The lowest BCUT2D eigenvalue weighted by atomic mass is 10.00. The number of amides is 1. The molecule has 3 aromatic carbocycles. The van der Waals surface area contributed by atoms with Crippen LogP contribution in [0.5, 0.6) is 5.75 Å². The predicted molar refractivity (Wildman–Crippen MR) is 114 cm³/mol. The highest BCUT2D eigenvalue weighted by atomic mass is 35.5. The molecule has 0 aromatic heterocycles. The number of carbonyl (C=O) groups is 1. The molecule has 1 amide bonds. The summed E-state index contributed by atoms with van der Waals surface area (Å²) in [5.74, 6) is 0.502. The molecule has 0 radical (unpaired) electrons. The Balaban J connectivity index is 1.67. The summed E-state index contributed by atoms with van der Waals surface area (Å²) >= 11 is 6.17. The molecule has 0 spiro atoms. The van der Waals surface area contributed by atoms with Crippen molar-refractivity contribution in [2.45, 2.75) is 33.4 Å². The Labute approximate surface area is 171 Å². The molecule has 28 heavy (non-hydrogen) atoms. The lowest BCUT2D eigenvalue weighted by Gasteiger charge is -2.17. The van der Waals surface area contributed by atoms with Crippen LogP contribution in [0.3, 0.4) is 0 Å². The summed E-state index contributed by atoms with van der Waals surface area (Å²) in [6.45, 7) is 6.47. The molecule has 3 aromatic rings. The number of ether oxygens (including phenoxy) is 1. The topological polar surface area (TPSA) is 38.3 Å². The van der Waals surface area contributed by atoms with Gasteiger partial charge in [0.05, 0.1) is 6.04 Å². The van der Waals surface area contributed by atoms with Gasteiger partial charge in [-0.3, -0.25) is 4.79 Å². The van der Waals surface area contributed by atoms with Gasteiger partial charge in [0, 0.05) is 16.1 Å². The van der Waals surface area contributed by atoms with Crippen molar-refractivity contribution >= 4 is 17.5 Å². The van der Waals surface area contributed by atoms with E-state index in [1.807, 2.05) is 43.3 Å². The molecule has 0 fully saturated rings. The SMILES string of the molecule is Cc1ccc([C@H](C)NC(=O)c2cccc(OCc3ccccc3Cl)c2)c(C)c1. The van der Waals surface area contributed by atoms with E-state index in [1.165, 1.54) is 11.1 Å². The minimum atomic E-state index is -0.129. The molecule has 1 atom stereocenters. The highest BCUT2D eigenvalue weighted by Gasteiger charge is 2.14. The molecule has 0 aliphatic heterocycles. The lowest BCUT2D eigenvalue weighted by molar-refractivity contribution is 0.0939. The second-order valence-corrected chi connectivity index (χ2v) is 7.37. The van der Waals surface area contributed by atoms with Crippen LogP contribution in [-0.2, 0) is 6.61 Å². The molecule has 0 aliphatic carbocycles. The van der Waals surface area contributed by atoms with Crippen molar-refractivity contribution in [3.05, 3.63) is 99.6 Å². The van der Waals surface area contributed by atoms with E-state index in [0.29, 0.717) is 22.9 Å². The van der Waals surface area contributed by atoms with Crippen LogP contribution in [0.2, 0.25) is 5.02 Å². The van der Waals surface area contributed by atoms with Crippen molar-refractivity contribution in [3.8, 4) is 5.75 Å². The van der Waals surface area contributed by atoms with E-state index >= 15 is 0 Å². The summed E-state index contributed by atoms with van der Waals surface area (Å²) in [6, 6.07) is 20.9. The van der Waals surface area contributed by atoms with Crippen molar-refractivity contribution in [1.29, 1.82) is 0 Å². The Kier molecular flexibility index (Phi) is 6.37. The third-order valence-electron chi connectivity index (χ3n) is 4.69. The van der Waals surface area contributed by atoms with Gasteiger partial charge in [0.15, 0.2) is 0 Å². The number of aryl methyl sites for hydroxylation is 2. The van der Waals surface area contributed by atoms with Gasteiger partial charge in [-0.2, -0.15) is 0 Å². The largest absolute Gasteiger partial charge is 0.489 e. The van der Waals surface area contributed by atoms with Crippen molar-refractivity contribution < 1.29 is 9.53 Å². The van der Waals surface area contributed by atoms with Gasteiger partial charge in [-0.1, -0.05) is 59.6 Å². The van der Waals surface area contributed by atoms with E-state index in [9.17, 15) is 4.79 Å². The molecule has 144 valence electrons. The van der Waals surface area contributed by atoms with E-state index < -0.39 is 0 Å². The predicted octanol–water partition coefficient (Wildman–Crippen LogP) is 6.03. The van der Waals surface area contributed by atoms with Crippen LogP contribution < -0.4 is 10.1 Å². The number of carbonyl (C=O) groups excluding carboxylic acids is 1. The maximum atomic E-state index is 12.7. The number of benzene rings is 3. The van der Waals surface area contributed by atoms with Crippen LogP contribution in [0.15, 0.2) is 66.7 Å². The van der Waals surface area contributed by atoms with Gasteiger partial charge < -0.3 is 10.1 Å². The first kappa shape index (κ1) is 20.0. The van der Waals surface area contributed by atoms with E-state index in [-0.39, 0.29) is 11.9 Å². The van der Waals surface area contributed by atoms with E-state index in [0.717, 1.165) is 11.1 Å². The molecule has 1 N–H and O–H groups in total. The van der Waals surface area contributed by atoms with Crippen molar-refractivity contribution in [1.82, 2.24) is 5.32 Å². The average Bonchev–Trinajstić information content (AvgIpc) is 2.67. The third kappa shape index (κ3) is 4.93. The van der Waals surface area contributed by atoms with Crippen molar-refractivity contribution in [3.63, 3.8) is 0 Å². The van der Waals surface area contributed by atoms with Crippen LogP contribution in [0.4, 0.5) is 0 Å². The first-order valence-corrected chi connectivity index (χ1v) is 9.66. The number of hydrogen-bond acceptors (Lipinski definition) is 2. The maximum absolute atomic E-state index is 12.7. The van der Waals surface area contributed by atoms with E-state index in [2.05, 4.69) is 37.4 Å². The molecule has 0 saturated heterocycles. The number of nitrogens with one attached hydrogen (secondary N) is 1. The third-order valence-corrected chi connectivity index (χ3v) is 5.06. The Morgan fingerprint density at radius 3 is 2.57 bits per heavy atom. The first-order chi connectivity index (χ1) is 13.4. The van der Waals surface area contributed by atoms with Gasteiger partial charge in [0.2, 0.25) is 0 Å². The Bertz CT molecular complexity index is 984. The summed E-state index contributed by atoms with van der Waals surface area (Å²) in [5, 5.41) is 3.73. The van der Waals surface area contributed by atoms with Gasteiger partial charge in [-0.15, -0.1) is 0 Å². The Morgan fingerprint density at radius 2 is 1.82 bits per heavy atom. The molecule has 0 heterocycles. The fourth-order valence-electron chi connectivity index (χ4n) is 3.17. The quantitative estimate of drug-likeness (QED) is 0.555. The standard InChI is InChI=1S/C24H24ClNO2/c1-16-11-12-22(17(2)13-16)18(3)26-24(27)19-8-6-9-21(14-19)28-15-20-7-4-5-10-23(20)25/h4-14,18H,15H2,1-3H3,(H,26,27)/t18-/m0/s1. The minimum Gasteiger partial charge on any atom is -0.489 e. The molecule has 3 rings (SSSR count).